The zero-order valence-corrected chi connectivity index (χ0v) is 12.5. The van der Waals surface area contributed by atoms with E-state index in [4.69, 9.17) is 0 Å². The molecule has 2 fully saturated rings. The summed E-state index contributed by atoms with van der Waals surface area (Å²) in [7, 11) is 0. The van der Waals surface area contributed by atoms with Crippen LogP contribution in [0.3, 0.4) is 0 Å². The lowest BCUT2D eigenvalue weighted by Gasteiger charge is -2.32. The number of piperidine rings is 1. The first-order chi connectivity index (χ1) is 8.78. The second kappa shape index (κ2) is 7.49. The molecule has 1 saturated carbocycles. The van der Waals surface area contributed by atoms with E-state index in [0.717, 1.165) is 17.9 Å². The number of rotatable bonds is 5. The van der Waals surface area contributed by atoms with Gasteiger partial charge in [-0.3, -0.25) is 0 Å². The van der Waals surface area contributed by atoms with E-state index >= 15 is 0 Å². The van der Waals surface area contributed by atoms with Gasteiger partial charge in [-0.25, -0.2) is 0 Å². The summed E-state index contributed by atoms with van der Waals surface area (Å²) < 4.78 is 0. The van der Waals surface area contributed by atoms with Crippen molar-refractivity contribution in [2.24, 2.45) is 11.8 Å². The monoisotopic (exact) mass is 252 g/mol. The van der Waals surface area contributed by atoms with Gasteiger partial charge < -0.3 is 10.2 Å². The summed E-state index contributed by atoms with van der Waals surface area (Å²) in [6.45, 7) is 9.79. The van der Waals surface area contributed by atoms with E-state index in [-0.39, 0.29) is 0 Å². The van der Waals surface area contributed by atoms with Crippen LogP contribution in [0.2, 0.25) is 0 Å². The van der Waals surface area contributed by atoms with Crippen LogP contribution in [-0.4, -0.2) is 37.1 Å². The van der Waals surface area contributed by atoms with Gasteiger partial charge >= 0.3 is 0 Å². The minimum atomic E-state index is 0.800. The maximum Gasteiger partial charge on any atom is 0.00914 e. The summed E-state index contributed by atoms with van der Waals surface area (Å²) in [5.74, 6) is 1.99. The van der Waals surface area contributed by atoms with E-state index in [1.807, 2.05) is 0 Å². The van der Waals surface area contributed by atoms with Crippen LogP contribution in [0.15, 0.2) is 0 Å². The highest BCUT2D eigenvalue weighted by Gasteiger charge is 2.20. The van der Waals surface area contributed by atoms with Crippen molar-refractivity contribution in [2.45, 2.75) is 64.8 Å². The molecule has 0 aromatic rings. The van der Waals surface area contributed by atoms with Gasteiger partial charge in [-0.15, -0.1) is 0 Å². The minimum Gasteiger partial charge on any atom is -0.314 e. The molecule has 2 nitrogen and oxygen atoms in total. The van der Waals surface area contributed by atoms with Gasteiger partial charge in [-0.05, 0) is 63.7 Å². The SMILES string of the molecule is CCN1CCC(NCCC2CCCC(C)C2)CC1. The van der Waals surface area contributed by atoms with Crippen molar-refractivity contribution in [1.82, 2.24) is 10.2 Å². The van der Waals surface area contributed by atoms with Crippen LogP contribution in [0, 0.1) is 11.8 Å². The molecule has 0 aromatic carbocycles. The number of hydrogen-bond donors (Lipinski definition) is 1. The zero-order chi connectivity index (χ0) is 12.8. The second-order valence-corrected chi connectivity index (χ2v) is 6.59. The molecule has 1 N–H and O–H groups in total. The highest BCUT2D eigenvalue weighted by Crippen LogP contribution is 2.30. The Hall–Kier alpha value is -0.0800. The Balaban J connectivity index is 1.55. The van der Waals surface area contributed by atoms with E-state index in [1.165, 1.54) is 71.1 Å². The summed E-state index contributed by atoms with van der Waals surface area (Å²) in [5, 5.41) is 3.80. The fourth-order valence-corrected chi connectivity index (χ4v) is 3.77. The van der Waals surface area contributed by atoms with Crippen LogP contribution in [-0.2, 0) is 0 Å². The van der Waals surface area contributed by atoms with Crippen molar-refractivity contribution in [2.75, 3.05) is 26.2 Å². The molecule has 2 atom stereocenters. The van der Waals surface area contributed by atoms with Crippen LogP contribution in [0.4, 0.5) is 0 Å². The quantitative estimate of drug-likeness (QED) is 0.808. The Kier molecular flexibility index (Phi) is 5.97. The number of hydrogen-bond acceptors (Lipinski definition) is 2. The lowest BCUT2D eigenvalue weighted by Crippen LogP contribution is -2.42. The van der Waals surface area contributed by atoms with Crippen molar-refractivity contribution >= 4 is 0 Å². The maximum atomic E-state index is 3.80. The van der Waals surface area contributed by atoms with Crippen molar-refractivity contribution in [3.8, 4) is 0 Å². The smallest absolute Gasteiger partial charge is 0.00914 e. The summed E-state index contributed by atoms with van der Waals surface area (Å²) in [6, 6.07) is 0.800. The predicted molar refractivity (Wildman–Crippen MR) is 78.9 cm³/mol. The Bertz CT molecular complexity index is 221. The van der Waals surface area contributed by atoms with E-state index in [0.29, 0.717) is 0 Å². The number of likely N-dealkylation sites (tertiary alicyclic amines) is 1. The fourth-order valence-electron chi connectivity index (χ4n) is 3.77. The normalized spacial score (nSPS) is 31.7. The third kappa shape index (κ3) is 4.55. The molecule has 0 bridgehead atoms. The Morgan fingerprint density at radius 2 is 1.89 bits per heavy atom. The lowest BCUT2D eigenvalue weighted by molar-refractivity contribution is 0.201. The molecule has 0 amide bonds. The van der Waals surface area contributed by atoms with E-state index < -0.39 is 0 Å². The molecule has 1 saturated heterocycles. The van der Waals surface area contributed by atoms with E-state index in [1.54, 1.807) is 0 Å². The average Bonchev–Trinajstić information content (AvgIpc) is 2.40. The molecule has 0 spiro atoms. The van der Waals surface area contributed by atoms with Gasteiger partial charge in [0.25, 0.3) is 0 Å². The molecular formula is C16H32N2. The molecule has 2 rings (SSSR count). The van der Waals surface area contributed by atoms with Crippen LogP contribution in [0.25, 0.3) is 0 Å². The van der Waals surface area contributed by atoms with Gasteiger partial charge in [0.2, 0.25) is 0 Å². The molecule has 2 unspecified atom stereocenters. The van der Waals surface area contributed by atoms with Gasteiger partial charge in [0.15, 0.2) is 0 Å². The van der Waals surface area contributed by atoms with Crippen molar-refractivity contribution in [3.05, 3.63) is 0 Å². The standard InChI is InChI=1S/C16H32N2/c1-3-18-11-8-16(9-12-18)17-10-7-15-6-4-5-14(2)13-15/h14-17H,3-13H2,1-2H3. The van der Waals surface area contributed by atoms with Crippen molar-refractivity contribution in [1.29, 1.82) is 0 Å². The predicted octanol–water partition coefficient (Wildman–Crippen LogP) is 3.28. The molecule has 2 heteroatoms. The van der Waals surface area contributed by atoms with Crippen LogP contribution in [0.5, 0.6) is 0 Å². The Labute approximate surface area is 114 Å². The largest absolute Gasteiger partial charge is 0.314 e. The van der Waals surface area contributed by atoms with Gasteiger partial charge in [0, 0.05) is 6.04 Å². The lowest BCUT2D eigenvalue weighted by atomic mass is 9.81. The topological polar surface area (TPSA) is 15.3 Å². The molecule has 2 aliphatic rings. The molecule has 1 heterocycles. The zero-order valence-electron chi connectivity index (χ0n) is 12.5. The Morgan fingerprint density at radius 1 is 1.11 bits per heavy atom. The fraction of sp³-hybridized carbons (Fsp3) is 1.00. The number of nitrogens with one attached hydrogen (secondary N) is 1. The molecule has 0 aromatic heterocycles. The van der Waals surface area contributed by atoms with Crippen molar-refractivity contribution in [3.63, 3.8) is 0 Å². The third-order valence-corrected chi connectivity index (χ3v) is 5.07. The van der Waals surface area contributed by atoms with Crippen LogP contribution < -0.4 is 5.32 Å². The van der Waals surface area contributed by atoms with Crippen LogP contribution in [0.1, 0.15) is 58.8 Å². The van der Waals surface area contributed by atoms with Crippen LogP contribution >= 0.6 is 0 Å². The van der Waals surface area contributed by atoms with Gasteiger partial charge in [0.1, 0.15) is 0 Å². The number of nitrogens with zero attached hydrogens (tertiary/aromatic N) is 1. The van der Waals surface area contributed by atoms with E-state index in [2.05, 4.69) is 24.1 Å². The Morgan fingerprint density at radius 3 is 2.56 bits per heavy atom. The molecule has 1 aliphatic carbocycles. The maximum absolute atomic E-state index is 3.80. The molecular weight excluding hydrogens is 220 g/mol. The molecule has 1 aliphatic heterocycles. The molecule has 18 heavy (non-hydrogen) atoms. The summed E-state index contributed by atoms with van der Waals surface area (Å²) >= 11 is 0. The summed E-state index contributed by atoms with van der Waals surface area (Å²) in [4.78, 5) is 2.57. The minimum absolute atomic E-state index is 0.800. The molecule has 0 radical (unpaired) electrons. The highest BCUT2D eigenvalue weighted by atomic mass is 15.1. The first kappa shape index (κ1) is 14.3. The van der Waals surface area contributed by atoms with Crippen molar-refractivity contribution < 1.29 is 0 Å². The molecule has 106 valence electrons. The highest BCUT2D eigenvalue weighted by molar-refractivity contribution is 4.78. The average molecular weight is 252 g/mol. The van der Waals surface area contributed by atoms with E-state index in [9.17, 15) is 0 Å². The van der Waals surface area contributed by atoms with Gasteiger partial charge in [-0.1, -0.05) is 33.1 Å². The summed E-state index contributed by atoms with van der Waals surface area (Å²) in [6.07, 6.45) is 10.0. The van der Waals surface area contributed by atoms with Gasteiger partial charge in [-0.2, -0.15) is 0 Å². The first-order valence-electron chi connectivity index (χ1n) is 8.23. The third-order valence-electron chi connectivity index (χ3n) is 5.07. The van der Waals surface area contributed by atoms with Gasteiger partial charge in [0.05, 0.1) is 0 Å². The first-order valence-corrected chi connectivity index (χ1v) is 8.23. The summed E-state index contributed by atoms with van der Waals surface area (Å²) in [5.41, 5.74) is 0. The second-order valence-electron chi connectivity index (χ2n) is 6.59.